The molecule has 16 heavy (non-hydrogen) atoms. The van der Waals surface area contributed by atoms with Crippen LogP contribution in [0.1, 0.15) is 12.8 Å². The first-order valence-electron chi connectivity index (χ1n) is 5.05. The molecule has 1 atom stereocenters. The van der Waals surface area contributed by atoms with Gasteiger partial charge in [0.05, 0.1) is 0 Å². The lowest BCUT2D eigenvalue weighted by molar-refractivity contribution is 0.281. The predicted octanol–water partition coefficient (Wildman–Crippen LogP) is 2.62. The Kier molecular flexibility index (Phi) is 9.75. The van der Waals surface area contributed by atoms with Crippen LogP contribution < -0.4 is 0 Å². The van der Waals surface area contributed by atoms with Crippen molar-refractivity contribution < 1.29 is 5.11 Å². The highest BCUT2D eigenvalue weighted by molar-refractivity contribution is 5.33. The van der Waals surface area contributed by atoms with Crippen molar-refractivity contribution in [3.63, 3.8) is 0 Å². The number of unbranched alkanes of at least 4 members (excludes halogenated alkanes) is 1. The highest BCUT2D eigenvalue weighted by atomic mass is 16.3. The maximum atomic E-state index is 8.98. The Hall–Kier alpha value is -1.96. The number of hydrogen-bond acceptors (Lipinski definition) is 1. The van der Waals surface area contributed by atoms with Crippen LogP contribution in [0.2, 0.25) is 0 Å². The SMILES string of the molecule is C=CCC/C=C/C=C/C#CC#C[C@@H](O)C=C. The van der Waals surface area contributed by atoms with E-state index in [9.17, 15) is 0 Å². The lowest BCUT2D eigenvalue weighted by Gasteiger charge is -1.86. The van der Waals surface area contributed by atoms with Gasteiger partial charge in [-0.25, -0.2) is 0 Å². The van der Waals surface area contributed by atoms with Gasteiger partial charge in [-0.3, -0.25) is 0 Å². The molecule has 0 bridgehead atoms. The van der Waals surface area contributed by atoms with Crippen molar-refractivity contribution >= 4 is 0 Å². The molecule has 1 nitrogen and oxygen atoms in total. The van der Waals surface area contributed by atoms with Crippen LogP contribution in [-0.2, 0) is 0 Å². The molecule has 0 aliphatic heterocycles. The average molecular weight is 212 g/mol. The Morgan fingerprint density at radius 2 is 1.94 bits per heavy atom. The molecule has 1 N–H and O–H groups in total. The Labute approximate surface area is 97.9 Å². The van der Waals surface area contributed by atoms with Gasteiger partial charge in [0.1, 0.15) is 6.10 Å². The summed E-state index contributed by atoms with van der Waals surface area (Å²) in [6, 6.07) is 0. The molecule has 0 aromatic carbocycles. The van der Waals surface area contributed by atoms with Gasteiger partial charge in [0.15, 0.2) is 0 Å². The zero-order valence-corrected chi connectivity index (χ0v) is 9.32. The lowest BCUT2D eigenvalue weighted by Crippen LogP contribution is -1.94. The normalized spacial score (nSPS) is 11.3. The number of rotatable bonds is 5. The third-order valence-electron chi connectivity index (χ3n) is 1.54. The monoisotopic (exact) mass is 212 g/mol. The van der Waals surface area contributed by atoms with E-state index >= 15 is 0 Å². The molecule has 0 aromatic heterocycles. The Morgan fingerprint density at radius 1 is 1.12 bits per heavy atom. The molecule has 0 saturated heterocycles. The van der Waals surface area contributed by atoms with E-state index in [1.807, 2.05) is 24.3 Å². The first-order chi connectivity index (χ1) is 7.81. The summed E-state index contributed by atoms with van der Waals surface area (Å²) < 4.78 is 0. The van der Waals surface area contributed by atoms with Crippen LogP contribution in [0.5, 0.6) is 0 Å². The maximum Gasteiger partial charge on any atom is 0.134 e. The highest BCUT2D eigenvalue weighted by Crippen LogP contribution is 1.90. The topological polar surface area (TPSA) is 20.2 Å². The van der Waals surface area contributed by atoms with Crippen molar-refractivity contribution in [3.05, 3.63) is 49.6 Å². The van der Waals surface area contributed by atoms with Gasteiger partial charge < -0.3 is 5.11 Å². The quantitative estimate of drug-likeness (QED) is 0.321. The van der Waals surface area contributed by atoms with E-state index in [-0.39, 0.29) is 0 Å². The summed E-state index contributed by atoms with van der Waals surface area (Å²) in [5.74, 6) is 10.4. The van der Waals surface area contributed by atoms with Crippen molar-refractivity contribution in [1.29, 1.82) is 0 Å². The van der Waals surface area contributed by atoms with E-state index in [1.54, 1.807) is 6.08 Å². The molecule has 0 amide bonds. The second kappa shape index (κ2) is 11.1. The van der Waals surface area contributed by atoms with Crippen molar-refractivity contribution in [2.75, 3.05) is 0 Å². The van der Waals surface area contributed by atoms with Crippen LogP contribution in [0.3, 0.4) is 0 Å². The molecule has 0 saturated carbocycles. The molecule has 1 heteroatoms. The van der Waals surface area contributed by atoms with Crippen molar-refractivity contribution in [3.8, 4) is 23.7 Å². The minimum atomic E-state index is -0.794. The second-order valence-corrected chi connectivity index (χ2v) is 2.87. The van der Waals surface area contributed by atoms with Gasteiger partial charge in [-0.2, -0.15) is 0 Å². The minimum absolute atomic E-state index is 0.794. The van der Waals surface area contributed by atoms with Crippen molar-refractivity contribution in [2.24, 2.45) is 0 Å². The molecule has 0 heterocycles. The molecule has 0 rings (SSSR count). The molecule has 0 aliphatic carbocycles. The van der Waals surface area contributed by atoms with Crippen LogP contribution in [0, 0.1) is 23.7 Å². The largest absolute Gasteiger partial charge is 0.377 e. The summed E-state index contributed by atoms with van der Waals surface area (Å²) in [7, 11) is 0. The second-order valence-electron chi connectivity index (χ2n) is 2.87. The third-order valence-corrected chi connectivity index (χ3v) is 1.54. The summed E-state index contributed by atoms with van der Waals surface area (Å²) in [6.45, 7) is 7.03. The number of aliphatic hydroxyl groups is 1. The molecule has 82 valence electrons. The zero-order chi connectivity index (χ0) is 12.1. The minimum Gasteiger partial charge on any atom is -0.377 e. The predicted molar refractivity (Wildman–Crippen MR) is 69.5 cm³/mol. The van der Waals surface area contributed by atoms with E-state index in [0.29, 0.717) is 0 Å². The van der Waals surface area contributed by atoms with Crippen LogP contribution in [0.15, 0.2) is 49.6 Å². The average Bonchev–Trinajstić information content (AvgIpc) is 2.31. The molecule has 0 radical (unpaired) electrons. The zero-order valence-electron chi connectivity index (χ0n) is 9.32. The van der Waals surface area contributed by atoms with Gasteiger partial charge in [-0.05, 0) is 30.8 Å². The molecule has 0 aromatic rings. The van der Waals surface area contributed by atoms with Crippen LogP contribution >= 0.6 is 0 Å². The van der Waals surface area contributed by atoms with E-state index in [4.69, 9.17) is 5.11 Å². The van der Waals surface area contributed by atoms with Gasteiger partial charge in [0, 0.05) is 0 Å². The summed E-state index contributed by atoms with van der Waals surface area (Å²) in [5.41, 5.74) is 0. The van der Waals surface area contributed by atoms with Crippen molar-refractivity contribution in [1.82, 2.24) is 0 Å². The molecular formula is C15H16O. The van der Waals surface area contributed by atoms with Gasteiger partial charge in [0.2, 0.25) is 0 Å². The summed E-state index contributed by atoms with van der Waals surface area (Å²) in [6.07, 6.45) is 12.0. The fourth-order valence-corrected chi connectivity index (χ4v) is 0.739. The fourth-order valence-electron chi connectivity index (χ4n) is 0.739. The van der Waals surface area contributed by atoms with E-state index in [1.165, 1.54) is 6.08 Å². The first kappa shape index (κ1) is 14.0. The molecular weight excluding hydrogens is 196 g/mol. The Morgan fingerprint density at radius 3 is 2.62 bits per heavy atom. The fraction of sp³-hybridized carbons (Fsp3) is 0.200. The Bertz CT molecular complexity index is 377. The van der Waals surface area contributed by atoms with Crippen LogP contribution in [0.4, 0.5) is 0 Å². The van der Waals surface area contributed by atoms with E-state index in [0.717, 1.165) is 12.8 Å². The molecule has 0 aliphatic rings. The van der Waals surface area contributed by atoms with Gasteiger partial charge in [0.25, 0.3) is 0 Å². The molecule has 0 spiro atoms. The maximum absolute atomic E-state index is 8.98. The van der Waals surface area contributed by atoms with E-state index < -0.39 is 6.10 Å². The number of hydrogen-bond donors (Lipinski definition) is 1. The summed E-state index contributed by atoms with van der Waals surface area (Å²) in [4.78, 5) is 0. The summed E-state index contributed by atoms with van der Waals surface area (Å²) in [5, 5.41) is 8.98. The standard InChI is InChI=1S/C15H16O/c1-3-5-6-7-8-9-10-11-12-13-14-15(16)4-2/h3-4,7-10,15-16H,1-2,5-6H2/b8-7+,10-9+/t15-/m0/s1. The molecule has 0 fully saturated rings. The number of allylic oxidation sites excluding steroid dienone is 5. The highest BCUT2D eigenvalue weighted by Gasteiger charge is 1.83. The van der Waals surface area contributed by atoms with Gasteiger partial charge >= 0.3 is 0 Å². The van der Waals surface area contributed by atoms with Crippen LogP contribution in [0.25, 0.3) is 0 Å². The first-order valence-corrected chi connectivity index (χ1v) is 5.05. The summed E-state index contributed by atoms with van der Waals surface area (Å²) >= 11 is 0. The Balaban J connectivity index is 3.85. The third kappa shape index (κ3) is 10.1. The van der Waals surface area contributed by atoms with Gasteiger partial charge in [-0.1, -0.05) is 48.8 Å². The van der Waals surface area contributed by atoms with Crippen LogP contribution in [-0.4, -0.2) is 11.2 Å². The van der Waals surface area contributed by atoms with Gasteiger partial charge in [-0.15, -0.1) is 6.58 Å². The smallest absolute Gasteiger partial charge is 0.134 e. The molecule has 0 unspecified atom stereocenters. The lowest BCUT2D eigenvalue weighted by atomic mass is 10.3. The van der Waals surface area contributed by atoms with E-state index in [2.05, 4.69) is 36.8 Å². The number of aliphatic hydroxyl groups excluding tert-OH is 1. The van der Waals surface area contributed by atoms with Crippen molar-refractivity contribution in [2.45, 2.75) is 18.9 Å².